The second-order valence-electron chi connectivity index (χ2n) is 10.3. The molecule has 0 heterocycles. The average Bonchev–Trinajstić information content (AvgIpc) is 2.68. The maximum atomic E-state index is 14.3. The maximum absolute atomic E-state index is 14.3. The molecule has 0 aliphatic carbocycles. The highest BCUT2D eigenvalue weighted by Crippen LogP contribution is 2.51. The first-order valence-electron chi connectivity index (χ1n) is 11.4. The molecule has 0 fully saturated rings. The first kappa shape index (κ1) is 41.3. The van der Waals surface area contributed by atoms with E-state index in [9.17, 15) is 69.9 Å². The Balaban J connectivity index is 0. The summed E-state index contributed by atoms with van der Waals surface area (Å²) in [4.78, 5) is 0. The smallest absolute Gasteiger partial charge is 0.431 e. The van der Waals surface area contributed by atoms with Gasteiger partial charge in [-0.3, -0.25) is 0 Å². The average molecular weight is 665 g/mol. The zero-order valence-electron chi connectivity index (χ0n) is 21.5. The van der Waals surface area contributed by atoms with Gasteiger partial charge in [-0.15, -0.1) is 0 Å². The van der Waals surface area contributed by atoms with Crippen LogP contribution in [-0.2, 0) is 10.0 Å². The highest BCUT2D eigenvalue weighted by molar-refractivity contribution is 7.89. The van der Waals surface area contributed by atoms with E-state index in [-0.39, 0.29) is 25.4 Å². The fraction of sp³-hybridized carbons (Fsp3) is 1.00. The van der Waals surface area contributed by atoms with E-state index in [4.69, 9.17) is 0 Å². The van der Waals surface area contributed by atoms with E-state index in [1.165, 1.54) is 0 Å². The molecule has 0 saturated carbocycles. The number of nitrogens with zero attached hydrogens (tertiary/aromatic N) is 1. The van der Waals surface area contributed by atoms with Crippen LogP contribution < -0.4 is 17.1 Å². The third kappa shape index (κ3) is 12.2. The van der Waals surface area contributed by atoms with Crippen LogP contribution in [-0.4, -0.2) is 88.9 Å². The van der Waals surface area contributed by atoms with Crippen LogP contribution in [0.2, 0.25) is 0 Å². The van der Waals surface area contributed by atoms with E-state index in [1.54, 1.807) is 21.1 Å². The fourth-order valence-corrected chi connectivity index (χ4v) is 4.80. The molecule has 1 unspecified atom stereocenters. The number of unbranched alkanes of at least 4 members (excludes halogenated alkanes) is 1. The summed E-state index contributed by atoms with van der Waals surface area (Å²) < 4.78 is 209. The Morgan fingerprint density at radius 2 is 1.07 bits per heavy atom. The Labute approximate surface area is 228 Å². The van der Waals surface area contributed by atoms with Crippen molar-refractivity contribution in [2.45, 2.75) is 81.0 Å². The van der Waals surface area contributed by atoms with E-state index in [0.29, 0.717) is 11.0 Å². The molecule has 0 aliphatic rings. The summed E-state index contributed by atoms with van der Waals surface area (Å²) in [7, 11) is 1.02. The highest BCUT2D eigenvalue weighted by atomic mass is 35.5. The number of sulfonamides is 1. The number of quaternary nitrogens is 1. The molecule has 20 heteroatoms. The molecule has 1 atom stereocenters. The highest BCUT2D eigenvalue weighted by Gasteiger charge is 2.73. The molecule has 244 valence electrons. The van der Waals surface area contributed by atoms with E-state index in [0.717, 1.165) is 0 Å². The van der Waals surface area contributed by atoms with Gasteiger partial charge >= 0.3 is 24.7 Å². The second kappa shape index (κ2) is 14.1. The van der Waals surface area contributed by atoms with Gasteiger partial charge in [0.05, 0.1) is 33.4 Å². The Morgan fingerprint density at radius 1 is 0.650 bits per heavy atom. The Kier molecular flexibility index (Phi) is 14.6. The van der Waals surface area contributed by atoms with Gasteiger partial charge in [0.15, 0.2) is 0 Å². The van der Waals surface area contributed by atoms with Gasteiger partial charge in [-0.1, -0.05) is 12.8 Å². The third-order valence-corrected chi connectivity index (χ3v) is 7.29. The van der Waals surface area contributed by atoms with E-state index < -0.39 is 96.3 Å². The number of hydrogen-bond donors (Lipinski definition) is 1. The minimum atomic E-state index is -6.52. The summed E-state index contributed by atoms with van der Waals surface area (Å²) in [5, 5.41) is 0. The van der Waals surface area contributed by atoms with E-state index >= 15 is 0 Å². The van der Waals surface area contributed by atoms with Crippen molar-refractivity contribution >= 4 is 10.0 Å². The minimum Gasteiger partial charge on any atom is -1.00 e. The molecule has 40 heavy (non-hydrogen) atoms. The lowest BCUT2D eigenvalue weighted by Gasteiger charge is -2.33. The topological polar surface area (TPSA) is 46.2 Å². The zero-order valence-corrected chi connectivity index (χ0v) is 23.1. The van der Waals surface area contributed by atoms with Crippen molar-refractivity contribution in [3.8, 4) is 0 Å². The summed E-state index contributed by atoms with van der Waals surface area (Å²) in [6, 6.07) is 0. The largest absolute Gasteiger partial charge is 1.00 e. The maximum Gasteiger partial charge on any atom is 0.431 e. The predicted octanol–water partition coefficient (Wildman–Crippen LogP) is 3.63. The normalized spacial score (nSPS) is 15.6. The molecular formula is C20H31ClF14N2O2S. The summed E-state index contributed by atoms with van der Waals surface area (Å²) in [6.45, 7) is 0.312. The van der Waals surface area contributed by atoms with Crippen LogP contribution >= 0.6 is 0 Å². The van der Waals surface area contributed by atoms with Gasteiger partial charge in [-0.2, -0.15) is 52.7 Å². The number of halogens is 15. The molecular weight excluding hydrogens is 634 g/mol. The molecule has 0 saturated heterocycles. The van der Waals surface area contributed by atoms with Crippen molar-refractivity contribution < 1.29 is 86.8 Å². The minimum absolute atomic E-state index is 0. The Bertz CT molecular complexity index is 837. The van der Waals surface area contributed by atoms with Crippen molar-refractivity contribution in [2.75, 3.05) is 40.0 Å². The summed E-state index contributed by atoms with van der Waals surface area (Å²) in [5.41, 5.74) is -11.5. The molecule has 0 bridgehead atoms. The fourth-order valence-electron chi connectivity index (χ4n) is 3.56. The summed E-state index contributed by atoms with van der Waals surface area (Å²) in [5.74, 6) is -3.21. The van der Waals surface area contributed by atoms with Crippen LogP contribution in [0.15, 0.2) is 0 Å². The lowest BCUT2D eigenvalue weighted by atomic mass is 9.85. The third-order valence-electron chi connectivity index (χ3n) is 5.87. The Hall–Kier alpha value is -0.820. The van der Waals surface area contributed by atoms with Crippen LogP contribution in [0.3, 0.4) is 0 Å². The van der Waals surface area contributed by atoms with Crippen molar-refractivity contribution in [2.24, 2.45) is 5.92 Å². The lowest BCUT2D eigenvalue weighted by Crippen LogP contribution is -3.00. The van der Waals surface area contributed by atoms with E-state index in [2.05, 4.69) is 4.72 Å². The van der Waals surface area contributed by atoms with Crippen LogP contribution in [0.25, 0.3) is 0 Å². The van der Waals surface area contributed by atoms with Gasteiger partial charge in [-0.25, -0.2) is 21.9 Å². The molecule has 4 nitrogen and oxygen atoms in total. The molecule has 0 rings (SSSR count). The molecule has 0 amide bonds. The SMILES string of the molecule is C[N+](C)(C)CCCNS(=O)(=O)CCC(CCCCC(F)(C(F)(F)F)C(F)(F)F)CC(F)(C(F)(F)F)C(F)(F)F.[Cl-]. The van der Waals surface area contributed by atoms with Crippen molar-refractivity contribution in [3.05, 3.63) is 0 Å². The number of nitrogens with one attached hydrogen (secondary N) is 1. The van der Waals surface area contributed by atoms with Gasteiger partial charge < -0.3 is 16.9 Å². The van der Waals surface area contributed by atoms with Gasteiger partial charge in [0.2, 0.25) is 10.0 Å². The monoisotopic (exact) mass is 664 g/mol. The second-order valence-corrected chi connectivity index (χ2v) is 12.2. The quantitative estimate of drug-likeness (QED) is 0.165. The van der Waals surface area contributed by atoms with Crippen molar-refractivity contribution in [1.82, 2.24) is 4.72 Å². The first-order valence-corrected chi connectivity index (χ1v) is 13.1. The molecule has 0 aromatic rings. The standard InChI is InChI=1S/C20H31F14N2O2S.ClH/c1-36(2,3)11-6-10-35-39(37,38)12-8-14(13-16(22,19(29,30)31)20(32,33)34)7-4-5-9-15(21,17(23,24)25)18(26,27)28;/h14,35H,4-13H2,1-3H3;1H/q+1;/p-1. The molecule has 1 N–H and O–H groups in total. The van der Waals surface area contributed by atoms with E-state index in [1.807, 2.05) is 0 Å². The van der Waals surface area contributed by atoms with Crippen LogP contribution in [0.5, 0.6) is 0 Å². The van der Waals surface area contributed by atoms with Crippen molar-refractivity contribution in [1.29, 1.82) is 0 Å². The summed E-state index contributed by atoms with van der Waals surface area (Å²) >= 11 is 0. The lowest BCUT2D eigenvalue weighted by molar-refractivity contribution is -0.870. The Morgan fingerprint density at radius 3 is 1.45 bits per heavy atom. The first-order chi connectivity index (χ1) is 17.0. The van der Waals surface area contributed by atoms with Gasteiger partial charge in [0.1, 0.15) is 0 Å². The van der Waals surface area contributed by atoms with Crippen LogP contribution in [0.1, 0.15) is 44.9 Å². The van der Waals surface area contributed by atoms with Crippen molar-refractivity contribution in [3.63, 3.8) is 0 Å². The predicted molar refractivity (Wildman–Crippen MR) is 112 cm³/mol. The van der Waals surface area contributed by atoms with Gasteiger partial charge in [0, 0.05) is 19.4 Å². The number of rotatable bonds is 15. The molecule has 0 aromatic carbocycles. The number of alkyl halides is 14. The van der Waals surface area contributed by atoms with Crippen LogP contribution in [0, 0.1) is 5.92 Å². The summed E-state index contributed by atoms with van der Waals surface area (Å²) in [6.07, 6.45) is -34.6. The number of hydrogen-bond acceptors (Lipinski definition) is 2. The van der Waals surface area contributed by atoms with Gasteiger partial charge in [-0.05, 0) is 25.2 Å². The molecule has 0 spiro atoms. The molecule has 0 radical (unpaired) electrons. The zero-order chi connectivity index (χ0) is 31.4. The van der Waals surface area contributed by atoms with Gasteiger partial charge in [0.25, 0.3) is 11.3 Å². The molecule has 0 aliphatic heterocycles. The van der Waals surface area contributed by atoms with Crippen LogP contribution in [0.4, 0.5) is 61.5 Å². The molecule has 0 aromatic heterocycles.